The summed E-state index contributed by atoms with van der Waals surface area (Å²) < 4.78 is 18.9. The molecule has 0 N–H and O–H groups in total. The van der Waals surface area contributed by atoms with Crippen LogP contribution in [-0.2, 0) is 6.42 Å². The molecule has 0 amide bonds. The molecule has 0 aliphatic carbocycles. The molecule has 0 fully saturated rings. The number of halogens is 1. The van der Waals surface area contributed by atoms with E-state index >= 15 is 0 Å². The van der Waals surface area contributed by atoms with Gasteiger partial charge >= 0.3 is 0 Å². The SMILES string of the molecule is COc1c(C)cnc(CC(=O)c2ccccc2F)c1C. The maximum atomic E-state index is 13.6. The summed E-state index contributed by atoms with van der Waals surface area (Å²) in [5.74, 6) is -0.0739. The first-order valence-corrected chi connectivity index (χ1v) is 6.31. The second-order valence-electron chi connectivity index (χ2n) is 4.63. The van der Waals surface area contributed by atoms with Crippen LogP contribution in [0.1, 0.15) is 27.2 Å². The molecule has 1 heterocycles. The molecule has 4 heteroatoms. The maximum Gasteiger partial charge on any atom is 0.171 e. The molecule has 3 nitrogen and oxygen atoms in total. The number of ketones is 1. The number of hydrogen-bond acceptors (Lipinski definition) is 3. The van der Waals surface area contributed by atoms with Gasteiger partial charge < -0.3 is 4.74 Å². The quantitative estimate of drug-likeness (QED) is 0.802. The van der Waals surface area contributed by atoms with Crippen molar-refractivity contribution in [2.45, 2.75) is 20.3 Å². The third-order valence-electron chi connectivity index (χ3n) is 3.25. The number of methoxy groups -OCH3 is 1. The fraction of sp³-hybridized carbons (Fsp3) is 0.250. The lowest BCUT2D eigenvalue weighted by Crippen LogP contribution is -2.09. The van der Waals surface area contributed by atoms with E-state index in [1.807, 2.05) is 13.8 Å². The van der Waals surface area contributed by atoms with Crippen molar-refractivity contribution in [1.29, 1.82) is 0 Å². The van der Waals surface area contributed by atoms with Crippen LogP contribution in [0.15, 0.2) is 30.5 Å². The van der Waals surface area contributed by atoms with E-state index in [1.54, 1.807) is 25.4 Å². The number of carbonyl (C=O) groups excluding carboxylic acids is 1. The Morgan fingerprint density at radius 1 is 1.30 bits per heavy atom. The van der Waals surface area contributed by atoms with E-state index in [0.717, 1.165) is 16.9 Å². The van der Waals surface area contributed by atoms with Gasteiger partial charge in [0.15, 0.2) is 5.78 Å². The zero-order valence-corrected chi connectivity index (χ0v) is 11.7. The number of benzene rings is 1. The van der Waals surface area contributed by atoms with Crippen molar-refractivity contribution in [2.75, 3.05) is 7.11 Å². The highest BCUT2D eigenvalue weighted by molar-refractivity contribution is 5.97. The van der Waals surface area contributed by atoms with Crippen molar-refractivity contribution >= 4 is 5.78 Å². The predicted molar refractivity (Wildman–Crippen MR) is 74.7 cm³/mol. The zero-order chi connectivity index (χ0) is 14.7. The van der Waals surface area contributed by atoms with Crippen LogP contribution in [0.5, 0.6) is 5.75 Å². The first-order chi connectivity index (χ1) is 9.54. The number of carbonyl (C=O) groups is 1. The number of aromatic nitrogens is 1. The molecule has 1 aromatic heterocycles. The van der Waals surface area contributed by atoms with E-state index in [9.17, 15) is 9.18 Å². The molecule has 0 saturated carbocycles. The third-order valence-corrected chi connectivity index (χ3v) is 3.25. The van der Waals surface area contributed by atoms with Gasteiger partial charge in [-0.1, -0.05) is 12.1 Å². The molecular formula is C16H16FNO2. The lowest BCUT2D eigenvalue weighted by Gasteiger charge is -2.12. The van der Waals surface area contributed by atoms with E-state index in [-0.39, 0.29) is 17.8 Å². The zero-order valence-electron chi connectivity index (χ0n) is 11.7. The number of hydrogen-bond donors (Lipinski definition) is 0. The highest BCUT2D eigenvalue weighted by Crippen LogP contribution is 2.25. The van der Waals surface area contributed by atoms with Gasteiger partial charge in [0.25, 0.3) is 0 Å². The molecule has 2 rings (SSSR count). The lowest BCUT2D eigenvalue weighted by atomic mass is 10.0. The Morgan fingerprint density at radius 2 is 2.00 bits per heavy atom. The second-order valence-corrected chi connectivity index (χ2v) is 4.63. The number of rotatable bonds is 4. The number of nitrogens with zero attached hydrogens (tertiary/aromatic N) is 1. The molecule has 2 aromatic rings. The predicted octanol–water partition coefficient (Wildman–Crippen LogP) is 3.27. The van der Waals surface area contributed by atoms with Gasteiger partial charge in [0, 0.05) is 17.3 Å². The van der Waals surface area contributed by atoms with Gasteiger partial charge in [-0.25, -0.2) is 4.39 Å². The first-order valence-electron chi connectivity index (χ1n) is 6.31. The number of pyridine rings is 1. The first kappa shape index (κ1) is 14.2. The molecule has 0 spiro atoms. The van der Waals surface area contributed by atoms with Crippen molar-refractivity contribution in [3.05, 3.63) is 58.7 Å². The van der Waals surface area contributed by atoms with E-state index in [0.29, 0.717) is 5.69 Å². The van der Waals surface area contributed by atoms with Crippen LogP contribution in [0.2, 0.25) is 0 Å². The maximum absolute atomic E-state index is 13.6. The average Bonchev–Trinajstić information content (AvgIpc) is 2.43. The molecule has 0 aliphatic rings. The molecule has 0 atom stereocenters. The highest BCUT2D eigenvalue weighted by atomic mass is 19.1. The molecule has 0 unspecified atom stereocenters. The van der Waals surface area contributed by atoms with E-state index in [4.69, 9.17) is 4.74 Å². The minimum absolute atomic E-state index is 0.0589. The van der Waals surface area contributed by atoms with Crippen LogP contribution in [0.25, 0.3) is 0 Å². The largest absolute Gasteiger partial charge is 0.496 e. The summed E-state index contributed by atoms with van der Waals surface area (Å²) in [6.07, 6.45) is 1.72. The number of ether oxygens (including phenoxy) is 1. The molecule has 0 saturated heterocycles. The van der Waals surface area contributed by atoms with Gasteiger partial charge in [0.1, 0.15) is 11.6 Å². The molecule has 0 radical (unpaired) electrons. The van der Waals surface area contributed by atoms with Crippen molar-refractivity contribution < 1.29 is 13.9 Å². The molecule has 0 bridgehead atoms. The Hall–Kier alpha value is -2.23. The Morgan fingerprint density at radius 3 is 2.65 bits per heavy atom. The van der Waals surface area contributed by atoms with E-state index in [1.165, 1.54) is 12.1 Å². The molecule has 0 aliphatic heterocycles. The summed E-state index contributed by atoms with van der Waals surface area (Å²) in [5, 5.41) is 0. The van der Waals surface area contributed by atoms with Crippen molar-refractivity contribution in [3.8, 4) is 5.75 Å². The van der Waals surface area contributed by atoms with Crippen LogP contribution in [0.4, 0.5) is 4.39 Å². The van der Waals surface area contributed by atoms with Gasteiger partial charge in [-0.2, -0.15) is 0 Å². The van der Waals surface area contributed by atoms with Gasteiger partial charge in [0.05, 0.1) is 24.8 Å². The Labute approximate surface area is 117 Å². The standard InChI is InChI=1S/C16H16FNO2/c1-10-9-18-14(11(2)16(10)20-3)8-15(19)12-6-4-5-7-13(12)17/h4-7,9H,8H2,1-3H3. The average molecular weight is 273 g/mol. The van der Waals surface area contributed by atoms with E-state index in [2.05, 4.69) is 4.98 Å². The fourth-order valence-electron chi connectivity index (χ4n) is 2.18. The van der Waals surface area contributed by atoms with Gasteiger partial charge in [-0.3, -0.25) is 9.78 Å². The highest BCUT2D eigenvalue weighted by Gasteiger charge is 2.16. The monoisotopic (exact) mass is 273 g/mol. The van der Waals surface area contributed by atoms with Crippen LogP contribution < -0.4 is 4.74 Å². The van der Waals surface area contributed by atoms with Crippen LogP contribution >= 0.6 is 0 Å². The van der Waals surface area contributed by atoms with E-state index < -0.39 is 5.82 Å². The van der Waals surface area contributed by atoms with Crippen LogP contribution in [-0.4, -0.2) is 17.9 Å². The van der Waals surface area contributed by atoms with Crippen LogP contribution in [0.3, 0.4) is 0 Å². The normalized spacial score (nSPS) is 10.4. The minimum atomic E-state index is -0.505. The Bertz CT molecular complexity index is 653. The van der Waals surface area contributed by atoms with Crippen LogP contribution in [0, 0.1) is 19.7 Å². The van der Waals surface area contributed by atoms with Gasteiger partial charge in [-0.15, -0.1) is 0 Å². The summed E-state index contributed by atoms with van der Waals surface area (Å²) in [6, 6.07) is 5.97. The molecule has 1 aromatic carbocycles. The van der Waals surface area contributed by atoms with Crippen molar-refractivity contribution in [1.82, 2.24) is 4.98 Å². The summed E-state index contributed by atoms with van der Waals surface area (Å²) in [6.45, 7) is 3.74. The minimum Gasteiger partial charge on any atom is -0.496 e. The summed E-state index contributed by atoms with van der Waals surface area (Å²) in [5.41, 5.74) is 2.43. The molecule has 20 heavy (non-hydrogen) atoms. The summed E-state index contributed by atoms with van der Waals surface area (Å²) >= 11 is 0. The molecular weight excluding hydrogens is 257 g/mol. The molecule has 104 valence electrons. The van der Waals surface area contributed by atoms with Gasteiger partial charge in [-0.05, 0) is 26.0 Å². The smallest absolute Gasteiger partial charge is 0.171 e. The Balaban J connectivity index is 2.32. The van der Waals surface area contributed by atoms with Crippen molar-refractivity contribution in [2.24, 2.45) is 0 Å². The van der Waals surface area contributed by atoms with Gasteiger partial charge in [0.2, 0.25) is 0 Å². The summed E-state index contributed by atoms with van der Waals surface area (Å²) in [4.78, 5) is 16.4. The Kier molecular flexibility index (Phi) is 4.13. The topological polar surface area (TPSA) is 39.2 Å². The van der Waals surface area contributed by atoms with Crippen molar-refractivity contribution in [3.63, 3.8) is 0 Å². The lowest BCUT2D eigenvalue weighted by molar-refractivity contribution is 0.0988. The summed E-state index contributed by atoms with van der Waals surface area (Å²) in [7, 11) is 1.58. The number of Topliss-reactive ketones (excluding diaryl/α,β-unsaturated/α-hetero) is 1. The second kappa shape index (κ2) is 5.82. The number of aryl methyl sites for hydroxylation is 1. The fourth-order valence-corrected chi connectivity index (χ4v) is 2.18. The third kappa shape index (κ3) is 2.69.